The Morgan fingerprint density at radius 1 is 1.16 bits per heavy atom. The van der Waals surface area contributed by atoms with E-state index in [2.05, 4.69) is 34.5 Å². The highest BCUT2D eigenvalue weighted by Gasteiger charge is 2.22. The smallest absolute Gasteiger partial charge is 0.119 e. The van der Waals surface area contributed by atoms with Crippen LogP contribution in [0, 0.1) is 0 Å². The second-order valence-electron chi connectivity index (χ2n) is 6.20. The second kappa shape index (κ2) is 9.20. The molecule has 0 radical (unpaired) electrons. The highest BCUT2D eigenvalue weighted by molar-refractivity contribution is 6.30. The molecule has 1 heterocycles. The Hall–Kier alpha value is -1.59. The molecule has 0 amide bonds. The van der Waals surface area contributed by atoms with Crippen LogP contribution in [-0.4, -0.2) is 44.9 Å². The van der Waals surface area contributed by atoms with Crippen LogP contribution in [0.15, 0.2) is 48.5 Å². The zero-order valence-electron chi connectivity index (χ0n) is 14.6. The van der Waals surface area contributed by atoms with Gasteiger partial charge in [0, 0.05) is 37.2 Å². The lowest BCUT2D eigenvalue weighted by Crippen LogP contribution is -2.42. The molecule has 1 aliphatic rings. The molecule has 1 atom stereocenters. The van der Waals surface area contributed by atoms with Crippen molar-refractivity contribution < 1.29 is 9.47 Å². The van der Waals surface area contributed by atoms with Crippen molar-refractivity contribution in [2.24, 2.45) is 0 Å². The van der Waals surface area contributed by atoms with Crippen LogP contribution in [0.2, 0.25) is 5.02 Å². The van der Waals surface area contributed by atoms with Gasteiger partial charge in [-0.15, -0.1) is 0 Å². The molecule has 4 nitrogen and oxygen atoms in total. The third kappa shape index (κ3) is 5.19. The van der Waals surface area contributed by atoms with Crippen molar-refractivity contribution >= 4 is 11.6 Å². The van der Waals surface area contributed by atoms with Gasteiger partial charge in [0.25, 0.3) is 0 Å². The van der Waals surface area contributed by atoms with E-state index >= 15 is 0 Å². The number of nitrogens with one attached hydrogen (secondary N) is 1. The fourth-order valence-corrected chi connectivity index (χ4v) is 3.40. The lowest BCUT2D eigenvalue weighted by Gasteiger charge is -2.35. The first-order chi connectivity index (χ1) is 12.3. The summed E-state index contributed by atoms with van der Waals surface area (Å²) in [5.41, 5.74) is 2.46. The highest BCUT2D eigenvalue weighted by Crippen LogP contribution is 2.24. The van der Waals surface area contributed by atoms with Gasteiger partial charge in [-0.1, -0.05) is 35.9 Å². The molecule has 0 bridgehead atoms. The van der Waals surface area contributed by atoms with Crippen molar-refractivity contribution in [3.05, 3.63) is 64.7 Å². The molecule has 1 saturated heterocycles. The van der Waals surface area contributed by atoms with Crippen molar-refractivity contribution in [1.82, 2.24) is 10.2 Å². The Bertz CT molecular complexity index is 674. The number of benzene rings is 2. The van der Waals surface area contributed by atoms with Crippen LogP contribution in [0.3, 0.4) is 0 Å². The first kappa shape index (κ1) is 18.2. The van der Waals surface area contributed by atoms with Crippen LogP contribution in [0.25, 0.3) is 0 Å². The van der Waals surface area contributed by atoms with Gasteiger partial charge in [0.2, 0.25) is 0 Å². The van der Waals surface area contributed by atoms with Crippen LogP contribution >= 0.6 is 11.6 Å². The number of hydrogen-bond donors (Lipinski definition) is 1. The van der Waals surface area contributed by atoms with Gasteiger partial charge in [-0.2, -0.15) is 0 Å². The van der Waals surface area contributed by atoms with Gasteiger partial charge < -0.3 is 14.8 Å². The quantitative estimate of drug-likeness (QED) is 0.819. The van der Waals surface area contributed by atoms with Crippen molar-refractivity contribution in [1.29, 1.82) is 0 Å². The largest absolute Gasteiger partial charge is 0.497 e. The molecular formula is C20H25ClN2O2. The average molecular weight is 361 g/mol. The Kier molecular flexibility index (Phi) is 6.70. The topological polar surface area (TPSA) is 33.7 Å². The maximum atomic E-state index is 6.21. The molecule has 1 fully saturated rings. The summed E-state index contributed by atoms with van der Waals surface area (Å²) in [4.78, 5) is 2.47. The molecule has 134 valence electrons. The number of nitrogens with zero attached hydrogens (tertiary/aromatic N) is 1. The molecule has 1 unspecified atom stereocenters. The number of rotatable bonds is 7. The summed E-state index contributed by atoms with van der Waals surface area (Å²) in [7, 11) is 1.69. The minimum absolute atomic E-state index is 0.285. The molecule has 0 aliphatic carbocycles. The predicted octanol–water partition coefficient (Wildman–Crippen LogP) is 3.51. The van der Waals surface area contributed by atoms with Crippen LogP contribution < -0.4 is 10.1 Å². The average Bonchev–Trinajstić information content (AvgIpc) is 2.66. The molecule has 25 heavy (non-hydrogen) atoms. The minimum Gasteiger partial charge on any atom is -0.497 e. The van der Waals surface area contributed by atoms with Gasteiger partial charge in [-0.05, 0) is 35.4 Å². The zero-order chi connectivity index (χ0) is 17.5. The molecule has 1 N–H and O–H groups in total. The molecule has 0 aromatic heterocycles. The van der Waals surface area contributed by atoms with Crippen LogP contribution in [-0.2, 0) is 11.3 Å². The second-order valence-corrected chi connectivity index (χ2v) is 6.64. The molecular weight excluding hydrogens is 336 g/mol. The molecule has 2 aromatic carbocycles. The van der Waals surface area contributed by atoms with E-state index in [4.69, 9.17) is 21.1 Å². The van der Waals surface area contributed by atoms with Crippen molar-refractivity contribution in [3.8, 4) is 5.75 Å². The molecule has 5 heteroatoms. The predicted molar refractivity (Wildman–Crippen MR) is 101 cm³/mol. The van der Waals surface area contributed by atoms with Gasteiger partial charge in [-0.25, -0.2) is 0 Å². The standard InChI is InChI=1S/C20H25ClN2O2/c1-24-19-7-2-4-16(12-19)14-22-15-20(23-8-10-25-11-9-23)17-5-3-6-18(21)13-17/h2-7,12-13,20,22H,8-11,14-15H2,1H3. The molecule has 3 rings (SSSR count). The van der Waals surface area contributed by atoms with Crippen LogP contribution in [0.4, 0.5) is 0 Å². The van der Waals surface area contributed by atoms with Gasteiger partial charge in [-0.3, -0.25) is 4.90 Å². The Labute approximate surface area is 154 Å². The summed E-state index contributed by atoms with van der Waals surface area (Å²) in [6.07, 6.45) is 0. The fraction of sp³-hybridized carbons (Fsp3) is 0.400. The maximum Gasteiger partial charge on any atom is 0.119 e. The van der Waals surface area contributed by atoms with Gasteiger partial charge in [0.15, 0.2) is 0 Å². The lowest BCUT2D eigenvalue weighted by atomic mass is 10.0. The Morgan fingerprint density at radius 2 is 1.96 bits per heavy atom. The number of hydrogen-bond acceptors (Lipinski definition) is 4. The van der Waals surface area contributed by atoms with Gasteiger partial charge in [0.05, 0.1) is 20.3 Å². The van der Waals surface area contributed by atoms with E-state index in [1.807, 2.05) is 24.3 Å². The monoisotopic (exact) mass is 360 g/mol. The Morgan fingerprint density at radius 3 is 2.72 bits per heavy atom. The summed E-state index contributed by atoms with van der Waals surface area (Å²) in [6.45, 7) is 5.12. The van der Waals surface area contributed by atoms with Crippen molar-refractivity contribution in [2.75, 3.05) is 40.0 Å². The van der Waals surface area contributed by atoms with E-state index in [1.165, 1.54) is 11.1 Å². The van der Waals surface area contributed by atoms with Crippen LogP contribution in [0.1, 0.15) is 17.2 Å². The summed E-state index contributed by atoms with van der Waals surface area (Å²) in [5.74, 6) is 0.888. The number of methoxy groups -OCH3 is 1. The number of ether oxygens (including phenoxy) is 2. The first-order valence-electron chi connectivity index (χ1n) is 8.67. The van der Waals surface area contributed by atoms with Gasteiger partial charge in [0.1, 0.15) is 5.75 Å². The number of morpholine rings is 1. The Balaban J connectivity index is 1.66. The van der Waals surface area contributed by atoms with E-state index in [0.29, 0.717) is 0 Å². The summed E-state index contributed by atoms with van der Waals surface area (Å²) in [6, 6.07) is 16.6. The normalized spacial score (nSPS) is 16.6. The van der Waals surface area contributed by atoms with E-state index in [0.717, 1.165) is 50.2 Å². The maximum absolute atomic E-state index is 6.21. The SMILES string of the molecule is COc1cccc(CNCC(c2cccc(Cl)c2)N2CCOCC2)c1. The number of halogens is 1. The summed E-state index contributed by atoms with van der Waals surface area (Å²) < 4.78 is 10.8. The molecule has 0 saturated carbocycles. The zero-order valence-corrected chi connectivity index (χ0v) is 15.3. The van der Waals surface area contributed by atoms with Crippen LogP contribution in [0.5, 0.6) is 5.75 Å². The highest BCUT2D eigenvalue weighted by atomic mass is 35.5. The minimum atomic E-state index is 0.285. The van der Waals surface area contributed by atoms with E-state index in [9.17, 15) is 0 Å². The molecule has 2 aromatic rings. The lowest BCUT2D eigenvalue weighted by molar-refractivity contribution is 0.0161. The first-order valence-corrected chi connectivity index (χ1v) is 9.05. The van der Waals surface area contributed by atoms with Crippen molar-refractivity contribution in [2.45, 2.75) is 12.6 Å². The van der Waals surface area contributed by atoms with Crippen molar-refractivity contribution in [3.63, 3.8) is 0 Å². The summed E-state index contributed by atoms with van der Waals surface area (Å²) >= 11 is 6.21. The molecule has 0 spiro atoms. The van der Waals surface area contributed by atoms with E-state index < -0.39 is 0 Å². The fourth-order valence-electron chi connectivity index (χ4n) is 3.20. The van der Waals surface area contributed by atoms with E-state index in [-0.39, 0.29) is 6.04 Å². The van der Waals surface area contributed by atoms with E-state index in [1.54, 1.807) is 7.11 Å². The third-order valence-corrected chi connectivity index (χ3v) is 4.76. The third-order valence-electron chi connectivity index (χ3n) is 4.52. The summed E-state index contributed by atoms with van der Waals surface area (Å²) in [5, 5.41) is 4.37. The van der Waals surface area contributed by atoms with Gasteiger partial charge >= 0.3 is 0 Å². The molecule has 1 aliphatic heterocycles.